The van der Waals surface area contributed by atoms with Gasteiger partial charge in [0.2, 0.25) is 11.8 Å². The molecule has 2 aromatic rings. The summed E-state index contributed by atoms with van der Waals surface area (Å²) in [5.41, 5.74) is 1.00. The van der Waals surface area contributed by atoms with E-state index in [2.05, 4.69) is 10.6 Å². The Bertz CT molecular complexity index is 893. The van der Waals surface area contributed by atoms with Gasteiger partial charge in [-0.2, -0.15) is 0 Å². The number of hydrogen-bond donors (Lipinski definition) is 2. The highest BCUT2D eigenvalue weighted by atomic mass is 35.5. The summed E-state index contributed by atoms with van der Waals surface area (Å²) in [5, 5.41) is 6.10. The molecule has 0 aliphatic carbocycles. The molecule has 0 fully saturated rings. The minimum absolute atomic E-state index is 0.00371. The molecule has 0 bridgehead atoms. The molecule has 7 nitrogen and oxygen atoms in total. The van der Waals surface area contributed by atoms with Gasteiger partial charge in [0, 0.05) is 11.8 Å². The number of nitrogens with one attached hydrogen (secondary N) is 2. The zero-order valence-corrected chi connectivity index (χ0v) is 18.6. The number of carbonyl (C=O) groups excluding carboxylic acids is 2. The number of likely N-dealkylation sites (N-methyl/N-ethyl adjacent to an activating group) is 1. The minimum atomic E-state index is -0.311. The maximum absolute atomic E-state index is 12.3. The molecular weight excluding hydrogens is 429 g/mol. The van der Waals surface area contributed by atoms with Gasteiger partial charge in [0.15, 0.2) is 11.5 Å². The summed E-state index contributed by atoms with van der Waals surface area (Å²) in [7, 11) is 1.67. The highest BCUT2D eigenvalue weighted by Gasteiger charge is 2.14. The lowest BCUT2D eigenvalue weighted by molar-refractivity contribution is -0.119. The molecule has 0 radical (unpaired) electrons. The van der Waals surface area contributed by atoms with Crippen LogP contribution >= 0.6 is 23.2 Å². The molecular formula is C21H25Cl2N3O4. The van der Waals surface area contributed by atoms with Crippen LogP contribution in [0.25, 0.3) is 0 Å². The number of anilines is 2. The predicted octanol–water partition coefficient (Wildman–Crippen LogP) is 4.30. The predicted molar refractivity (Wildman–Crippen MR) is 120 cm³/mol. The van der Waals surface area contributed by atoms with Crippen LogP contribution < -0.4 is 20.1 Å². The van der Waals surface area contributed by atoms with Crippen LogP contribution in [0.15, 0.2) is 36.4 Å². The van der Waals surface area contributed by atoms with Gasteiger partial charge >= 0.3 is 0 Å². The molecule has 0 spiro atoms. The molecule has 30 heavy (non-hydrogen) atoms. The van der Waals surface area contributed by atoms with Crippen LogP contribution in [-0.4, -0.2) is 50.1 Å². The van der Waals surface area contributed by atoms with E-state index in [4.69, 9.17) is 32.7 Å². The Morgan fingerprint density at radius 1 is 0.933 bits per heavy atom. The normalized spacial score (nSPS) is 10.6. The first-order valence-electron chi connectivity index (χ1n) is 9.45. The lowest BCUT2D eigenvalue weighted by atomic mass is 10.2. The summed E-state index contributed by atoms with van der Waals surface area (Å²) in [5.74, 6) is 0.598. The van der Waals surface area contributed by atoms with E-state index in [1.807, 2.05) is 13.8 Å². The van der Waals surface area contributed by atoms with Crippen molar-refractivity contribution in [3.63, 3.8) is 0 Å². The van der Waals surface area contributed by atoms with Crippen molar-refractivity contribution in [1.82, 2.24) is 4.90 Å². The van der Waals surface area contributed by atoms with Crippen molar-refractivity contribution < 1.29 is 19.1 Å². The third-order valence-electron chi connectivity index (χ3n) is 3.88. The van der Waals surface area contributed by atoms with Gasteiger partial charge in [0.1, 0.15) is 0 Å². The lowest BCUT2D eigenvalue weighted by Crippen LogP contribution is -2.36. The van der Waals surface area contributed by atoms with Crippen LogP contribution in [0, 0.1) is 0 Å². The molecule has 0 aliphatic heterocycles. The number of hydrogen-bond acceptors (Lipinski definition) is 5. The van der Waals surface area contributed by atoms with E-state index >= 15 is 0 Å². The fourth-order valence-electron chi connectivity index (χ4n) is 2.67. The van der Waals surface area contributed by atoms with Crippen molar-refractivity contribution in [1.29, 1.82) is 0 Å². The summed E-state index contributed by atoms with van der Waals surface area (Å²) in [6.45, 7) is 4.78. The Hall–Kier alpha value is -2.48. The van der Waals surface area contributed by atoms with E-state index in [0.717, 1.165) is 0 Å². The summed E-state index contributed by atoms with van der Waals surface area (Å²) >= 11 is 12.0. The zero-order chi connectivity index (χ0) is 22.1. The van der Waals surface area contributed by atoms with Crippen LogP contribution in [0.5, 0.6) is 11.5 Å². The van der Waals surface area contributed by atoms with Crippen LogP contribution in [0.3, 0.4) is 0 Å². The number of ether oxygens (including phenoxy) is 2. The first kappa shape index (κ1) is 23.8. The largest absolute Gasteiger partial charge is 0.490 e. The molecule has 2 N–H and O–H groups in total. The highest BCUT2D eigenvalue weighted by molar-refractivity contribution is 6.44. The average Bonchev–Trinajstić information content (AvgIpc) is 2.67. The number of halogens is 2. The maximum Gasteiger partial charge on any atom is 0.238 e. The monoisotopic (exact) mass is 453 g/mol. The fourth-order valence-corrected chi connectivity index (χ4v) is 3.01. The smallest absolute Gasteiger partial charge is 0.238 e. The molecule has 0 aliphatic rings. The summed E-state index contributed by atoms with van der Waals surface area (Å²) in [4.78, 5) is 26.2. The van der Waals surface area contributed by atoms with Gasteiger partial charge < -0.3 is 20.1 Å². The van der Waals surface area contributed by atoms with Crippen molar-refractivity contribution in [3.8, 4) is 11.5 Å². The van der Waals surface area contributed by atoms with E-state index < -0.39 is 0 Å². The SMILES string of the molecule is CCOc1ccc(NC(=O)CN(C)CC(=O)Nc2cccc(Cl)c2Cl)cc1OCC. The Kier molecular flexibility index (Phi) is 9.23. The molecule has 0 heterocycles. The quantitative estimate of drug-likeness (QED) is 0.560. The number of amides is 2. The average molecular weight is 454 g/mol. The lowest BCUT2D eigenvalue weighted by Gasteiger charge is -2.17. The zero-order valence-electron chi connectivity index (χ0n) is 17.1. The Morgan fingerprint density at radius 2 is 1.57 bits per heavy atom. The van der Waals surface area contributed by atoms with Crippen molar-refractivity contribution in [2.75, 3.05) is 44.0 Å². The van der Waals surface area contributed by atoms with Crippen LogP contribution in [-0.2, 0) is 9.59 Å². The summed E-state index contributed by atoms with van der Waals surface area (Å²) < 4.78 is 11.1. The molecule has 0 saturated heterocycles. The van der Waals surface area contributed by atoms with Gasteiger partial charge in [0.05, 0.1) is 42.0 Å². The molecule has 0 aromatic heterocycles. The maximum atomic E-state index is 12.3. The van der Waals surface area contributed by atoms with Crippen molar-refractivity contribution in [2.24, 2.45) is 0 Å². The number of rotatable bonds is 10. The van der Waals surface area contributed by atoms with Gasteiger partial charge in [-0.3, -0.25) is 14.5 Å². The van der Waals surface area contributed by atoms with Gasteiger partial charge in [-0.05, 0) is 45.2 Å². The standard InChI is InChI=1S/C21H25Cl2N3O4/c1-4-29-17-10-9-14(11-18(17)30-5-2)24-19(27)12-26(3)13-20(28)25-16-8-6-7-15(22)21(16)23/h6-11H,4-5,12-13H2,1-3H3,(H,24,27)(H,25,28). The molecule has 2 aromatic carbocycles. The Morgan fingerprint density at radius 3 is 2.23 bits per heavy atom. The van der Waals surface area contributed by atoms with Crippen LogP contribution in [0.2, 0.25) is 10.0 Å². The Labute approximate surface area is 186 Å². The van der Waals surface area contributed by atoms with E-state index in [1.54, 1.807) is 48.3 Å². The molecule has 2 rings (SSSR count). The highest BCUT2D eigenvalue weighted by Crippen LogP contribution is 2.31. The third kappa shape index (κ3) is 7.09. The fraction of sp³-hybridized carbons (Fsp3) is 0.333. The first-order chi connectivity index (χ1) is 14.3. The molecule has 0 unspecified atom stereocenters. The van der Waals surface area contributed by atoms with Crippen molar-refractivity contribution in [3.05, 3.63) is 46.4 Å². The molecule has 162 valence electrons. The summed E-state index contributed by atoms with van der Waals surface area (Å²) in [6.07, 6.45) is 0. The number of nitrogens with zero attached hydrogens (tertiary/aromatic N) is 1. The van der Waals surface area contributed by atoms with Gasteiger partial charge in [-0.1, -0.05) is 29.3 Å². The van der Waals surface area contributed by atoms with E-state index in [0.29, 0.717) is 41.1 Å². The van der Waals surface area contributed by atoms with Crippen molar-refractivity contribution >= 4 is 46.4 Å². The molecule has 0 atom stereocenters. The van der Waals surface area contributed by atoms with Gasteiger partial charge in [0.25, 0.3) is 0 Å². The van der Waals surface area contributed by atoms with Gasteiger partial charge in [-0.15, -0.1) is 0 Å². The second-order valence-corrected chi connectivity index (χ2v) is 7.18. The van der Waals surface area contributed by atoms with E-state index in [1.165, 1.54) is 0 Å². The van der Waals surface area contributed by atoms with E-state index in [9.17, 15) is 9.59 Å². The van der Waals surface area contributed by atoms with Crippen molar-refractivity contribution in [2.45, 2.75) is 13.8 Å². The van der Waals surface area contributed by atoms with E-state index in [-0.39, 0.29) is 29.9 Å². The topological polar surface area (TPSA) is 79.9 Å². The number of carbonyl (C=O) groups is 2. The second-order valence-electron chi connectivity index (χ2n) is 6.40. The Balaban J connectivity index is 1.90. The molecule has 2 amide bonds. The van der Waals surface area contributed by atoms with Crippen LogP contribution in [0.4, 0.5) is 11.4 Å². The summed E-state index contributed by atoms with van der Waals surface area (Å²) in [6, 6.07) is 10.2. The van der Waals surface area contributed by atoms with Gasteiger partial charge in [-0.25, -0.2) is 0 Å². The first-order valence-corrected chi connectivity index (χ1v) is 10.2. The number of benzene rings is 2. The minimum Gasteiger partial charge on any atom is -0.490 e. The third-order valence-corrected chi connectivity index (χ3v) is 4.70. The van der Waals surface area contributed by atoms with Crippen LogP contribution in [0.1, 0.15) is 13.8 Å². The molecule has 0 saturated carbocycles. The second kappa shape index (κ2) is 11.6. The molecule has 9 heteroatoms.